The van der Waals surface area contributed by atoms with E-state index in [0.29, 0.717) is 0 Å². The molecule has 0 radical (unpaired) electrons. The number of hydrogen-bond donors (Lipinski definition) is 1. The second-order valence-electron chi connectivity index (χ2n) is 5.91. The predicted molar refractivity (Wildman–Crippen MR) is 86.2 cm³/mol. The fraction of sp³-hybridized carbons (Fsp3) is 0.467. The van der Waals surface area contributed by atoms with Crippen LogP contribution in [0.25, 0.3) is 0 Å². The average molecular weight is 290 g/mol. The normalized spacial score (nSPS) is 11.6. The number of benzene rings is 1. The van der Waals surface area contributed by atoms with Crippen LogP contribution in [0.1, 0.15) is 39.1 Å². The third-order valence-electron chi connectivity index (χ3n) is 3.06. The van der Waals surface area contributed by atoms with E-state index in [4.69, 9.17) is 5.73 Å². The average Bonchev–Trinajstić information content (AvgIpc) is 2.85. The minimum Gasteiger partial charge on any atom is -0.399 e. The number of nitrogens with zero attached hydrogens (tertiary/aromatic N) is 3. The molecule has 0 fully saturated rings. The number of hydrogen-bond acceptors (Lipinski definition) is 5. The maximum Gasteiger partial charge on any atom is 0.205 e. The first-order valence-corrected chi connectivity index (χ1v) is 7.61. The minimum absolute atomic E-state index is 0.00859. The van der Waals surface area contributed by atoms with E-state index in [1.165, 1.54) is 17.1 Å². The van der Waals surface area contributed by atoms with Crippen LogP contribution in [-0.4, -0.2) is 15.9 Å². The molecule has 4 nitrogen and oxygen atoms in total. The van der Waals surface area contributed by atoms with Gasteiger partial charge in [0.15, 0.2) is 0 Å². The molecule has 0 aliphatic rings. The lowest BCUT2D eigenvalue weighted by Gasteiger charge is -2.20. The van der Waals surface area contributed by atoms with Crippen molar-refractivity contribution in [2.24, 2.45) is 0 Å². The molecule has 5 heteroatoms. The van der Waals surface area contributed by atoms with Gasteiger partial charge in [-0.05, 0) is 24.6 Å². The van der Waals surface area contributed by atoms with Crippen molar-refractivity contribution >= 4 is 22.4 Å². The molecule has 0 atom stereocenters. The van der Waals surface area contributed by atoms with E-state index in [1.807, 2.05) is 18.2 Å². The Kier molecular flexibility index (Phi) is 4.28. The van der Waals surface area contributed by atoms with Crippen molar-refractivity contribution in [2.45, 2.75) is 39.7 Å². The molecule has 0 bridgehead atoms. The Hall–Kier alpha value is -1.62. The van der Waals surface area contributed by atoms with Crippen molar-refractivity contribution in [1.82, 2.24) is 9.36 Å². The van der Waals surface area contributed by atoms with Crippen LogP contribution >= 0.6 is 11.5 Å². The van der Waals surface area contributed by atoms with Gasteiger partial charge in [-0.15, -0.1) is 0 Å². The van der Waals surface area contributed by atoms with Crippen LogP contribution in [0, 0.1) is 0 Å². The maximum atomic E-state index is 5.83. The Labute approximate surface area is 124 Å². The second-order valence-corrected chi connectivity index (χ2v) is 6.64. The molecule has 0 unspecified atom stereocenters. The van der Waals surface area contributed by atoms with Crippen molar-refractivity contribution in [3.05, 3.63) is 35.7 Å². The number of nitrogens with two attached hydrogens (primary N) is 1. The van der Waals surface area contributed by atoms with Crippen molar-refractivity contribution in [2.75, 3.05) is 17.2 Å². The number of rotatable bonds is 4. The summed E-state index contributed by atoms with van der Waals surface area (Å²) in [6.45, 7) is 10.2. The molecule has 2 N–H and O–H groups in total. The SMILES string of the molecule is CCN(Cc1cccc(N)c1)c1nc(C(C)(C)C)ns1. The van der Waals surface area contributed by atoms with E-state index in [0.717, 1.165) is 29.7 Å². The van der Waals surface area contributed by atoms with Gasteiger partial charge in [-0.3, -0.25) is 0 Å². The molecular formula is C15H22N4S. The molecular weight excluding hydrogens is 268 g/mol. The van der Waals surface area contributed by atoms with Gasteiger partial charge in [0.1, 0.15) is 5.82 Å². The van der Waals surface area contributed by atoms with Gasteiger partial charge < -0.3 is 10.6 Å². The zero-order chi connectivity index (χ0) is 14.8. The molecule has 20 heavy (non-hydrogen) atoms. The maximum absolute atomic E-state index is 5.83. The summed E-state index contributed by atoms with van der Waals surface area (Å²) >= 11 is 1.47. The summed E-state index contributed by atoms with van der Waals surface area (Å²) in [6, 6.07) is 7.99. The van der Waals surface area contributed by atoms with Gasteiger partial charge >= 0.3 is 0 Å². The summed E-state index contributed by atoms with van der Waals surface area (Å²) in [7, 11) is 0. The fourth-order valence-corrected chi connectivity index (χ4v) is 2.79. The van der Waals surface area contributed by atoms with Crippen LogP contribution in [0.2, 0.25) is 0 Å². The Bertz CT molecular complexity index is 571. The highest BCUT2D eigenvalue weighted by Gasteiger charge is 2.21. The second kappa shape index (κ2) is 5.79. The highest BCUT2D eigenvalue weighted by atomic mass is 32.1. The van der Waals surface area contributed by atoms with Crippen LogP contribution in [-0.2, 0) is 12.0 Å². The summed E-state index contributed by atoms with van der Waals surface area (Å²) < 4.78 is 4.48. The summed E-state index contributed by atoms with van der Waals surface area (Å²) in [6.07, 6.45) is 0. The molecule has 0 aliphatic carbocycles. The summed E-state index contributed by atoms with van der Waals surface area (Å²) in [5.74, 6) is 0.906. The number of nitrogen functional groups attached to an aromatic ring is 1. The first kappa shape index (κ1) is 14.8. The van der Waals surface area contributed by atoms with Gasteiger partial charge in [-0.2, -0.15) is 4.37 Å². The smallest absolute Gasteiger partial charge is 0.205 e. The Morgan fingerprint density at radius 2 is 2.05 bits per heavy atom. The van der Waals surface area contributed by atoms with Crippen molar-refractivity contribution in [1.29, 1.82) is 0 Å². The Morgan fingerprint density at radius 3 is 2.60 bits per heavy atom. The van der Waals surface area contributed by atoms with Gasteiger partial charge in [0.05, 0.1) is 0 Å². The summed E-state index contributed by atoms with van der Waals surface area (Å²) in [5.41, 5.74) is 7.81. The van der Waals surface area contributed by atoms with E-state index in [1.54, 1.807) is 0 Å². The molecule has 0 saturated carbocycles. The molecule has 108 valence electrons. The standard InChI is InChI=1S/C15H22N4S/c1-5-19(10-11-7-6-8-12(16)9-11)14-17-13(18-20-14)15(2,3)4/h6-9H,5,10,16H2,1-4H3. The first-order chi connectivity index (χ1) is 9.40. The highest BCUT2D eigenvalue weighted by Crippen LogP contribution is 2.26. The van der Waals surface area contributed by atoms with Crippen molar-refractivity contribution < 1.29 is 0 Å². The molecule has 1 heterocycles. The topological polar surface area (TPSA) is 55.0 Å². The van der Waals surface area contributed by atoms with Gasteiger partial charge in [0.2, 0.25) is 5.13 Å². The van der Waals surface area contributed by atoms with Crippen molar-refractivity contribution in [3.63, 3.8) is 0 Å². The zero-order valence-electron chi connectivity index (χ0n) is 12.6. The molecule has 2 rings (SSSR count). The van der Waals surface area contributed by atoms with Gasteiger partial charge in [0.25, 0.3) is 0 Å². The minimum atomic E-state index is -0.00859. The fourth-order valence-electron chi connectivity index (χ4n) is 1.88. The van der Waals surface area contributed by atoms with Crippen LogP contribution in [0.15, 0.2) is 24.3 Å². The molecule has 2 aromatic rings. The molecule has 0 spiro atoms. The van der Waals surface area contributed by atoms with E-state index < -0.39 is 0 Å². The first-order valence-electron chi connectivity index (χ1n) is 6.83. The van der Waals surface area contributed by atoms with Gasteiger partial charge in [-0.1, -0.05) is 32.9 Å². The lowest BCUT2D eigenvalue weighted by atomic mass is 9.96. The highest BCUT2D eigenvalue weighted by molar-refractivity contribution is 7.09. The van der Waals surface area contributed by atoms with Crippen LogP contribution in [0.4, 0.5) is 10.8 Å². The number of anilines is 2. The lowest BCUT2D eigenvalue weighted by molar-refractivity contribution is 0.554. The Morgan fingerprint density at radius 1 is 1.30 bits per heavy atom. The molecule has 0 amide bonds. The predicted octanol–water partition coefficient (Wildman–Crippen LogP) is 3.44. The number of aromatic nitrogens is 2. The molecule has 1 aromatic carbocycles. The molecule has 0 aliphatic heterocycles. The van der Waals surface area contributed by atoms with Crippen LogP contribution < -0.4 is 10.6 Å². The molecule has 0 saturated heterocycles. The van der Waals surface area contributed by atoms with Gasteiger partial charge in [-0.25, -0.2) is 4.98 Å². The van der Waals surface area contributed by atoms with Crippen molar-refractivity contribution in [3.8, 4) is 0 Å². The summed E-state index contributed by atoms with van der Waals surface area (Å²) in [4.78, 5) is 6.90. The van der Waals surface area contributed by atoms with Crippen LogP contribution in [0.3, 0.4) is 0 Å². The third kappa shape index (κ3) is 3.48. The Balaban J connectivity index is 2.18. The monoisotopic (exact) mass is 290 g/mol. The van der Waals surface area contributed by atoms with Gasteiger partial charge in [0, 0.05) is 35.7 Å². The van der Waals surface area contributed by atoms with E-state index in [-0.39, 0.29) is 5.41 Å². The van der Waals surface area contributed by atoms with E-state index in [9.17, 15) is 0 Å². The zero-order valence-corrected chi connectivity index (χ0v) is 13.4. The lowest BCUT2D eigenvalue weighted by Crippen LogP contribution is -2.22. The largest absolute Gasteiger partial charge is 0.399 e. The third-order valence-corrected chi connectivity index (χ3v) is 3.84. The summed E-state index contributed by atoms with van der Waals surface area (Å²) in [5, 5.41) is 0.972. The molecule has 1 aromatic heterocycles. The van der Waals surface area contributed by atoms with E-state index >= 15 is 0 Å². The quantitative estimate of drug-likeness (QED) is 0.876. The van der Waals surface area contributed by atoms with E-state index in [2.05, 4.69) is 48.0 Å². The van der Waals surface area contributed by atoms with Crippen LogP contribution in [0.5, 0.6) is 0 Å².